The van der Waals surface area contributed by atoms with Gasteiger partial charge in [-0.1, -0.05) is 23.7 Å². The molecule has 8 heteroatoms. The summed E-state index contributed by atoms with van der Waals surface area (Å²) in [7, 11) is 1.66. The average Bonchev–Trinajstić information content (AvgIpc) is 2.74. The molecular weight excluding hydrogens is 410 g/mol. The number of carbonyl (C=O) groups is 2. The van der Waals surface area contributed by atoms with Crippen LogP contribution in [0.3, 0.4) is 0 Å². The van der Waals surface area contributed by atoms with Crippen molar-refractivity contribution in [2.24, 2.45) is 0 Å². The number of methoxy groups -OCH3 is 1. The van der Waals surface area contributed by atoms with Gasteiger partial charge in [0.2, 0.25) is 11.8 Å². The number of ether oxygens (including phenoxy) is 1. The minimum atomic E-state index is -0.427. The van der Waals surface area contributed by atoms with Crippen LogP contribution in [0.1, 0.15) is 6.42 Å². The molecule has 2 aliphatic heterocycles. The molecule has 29 heavy (non-hydrogen) atoms. The monoisotopic (exact) mass is 431 g/mol. The molecule has 2 amide bonds. The fourth-order valence-corrected chi connectivity index (χ4v) is 4.89. The molecule has 2 heterocycles. The Hall–Kier alpha value is -2.38. The smallest absolute Gasteiger partial charge is 0.238 e. The molecule has 2 aromatic carbocycles. The van der Waals surface area contributed by atoms with Crippen molar-refractivity contribution in [2.45, 2.75) is 16.6 Å². The molecule has 0 saturated carbocycles. The second-order valence-electron chi connectivity index (χ2n) is 6.98. The van der Waals surface area contributed by atoms with Crippen molar-refractivity contribution in [3.63, 3.8) is 0 Å². The summed E-state index contributed by atoms with van der Waals surface area (Å²) in [5, 5.41) is 3.01. The first kappa shape index (κ1) is 19.9. The standard InChI is InChI=1S/C21H22ClN3O3S/c1-28-17-5-3-2-4-16(17)24-8-10-25(11-9-24)20(26)13-19-21(27)23-15-12-14(22)6-7-18(15)29-19/h2-7,12,19H,8-11,13H2,1H3,(H,23,27). The maximum absolute atomic E-state index is 12.8. The Kier molecular flexibility index (Phi) is 5.87. The number of hydrogen-bond acceptors (Lipinski definition) is 5. The van der Waals surface area contributed by atoms with Crippen molar-refractivity contribution in [2.75, 3.05) is 43.5 Å². The second-order valence-corrected chi connectivity index (χ2v) is 8.66. The van der Waals surface area contributed by atoms with Crippen LogP contribution in [-0.4, -0.2) is 55.3 Å². The quantitative estimate of drug-likeness (QED) is 0.802. The van der Waals surface area contributed by atoms with Gasteiger partial charge in [-0.3, -0.25) is 9.59 Å². The molecule has 0 aliphatic carbocycles. The van der Waals surface area contributed by atoms with E-state index in [1.54, 1.807) is 19.2 Å². The number of fused-ring (bicyclic) bond motifs is 1. The van der Waals surface area contributed by atoms with Gasteiger partial charge in [-0.15, -0.1) is 11.8 Å². The van der Waals surface area contributed by atoms with E-state index >= 15 is 0 Å². The lowest BCUT2D eigenvalue weighted by atomic mass is 10.2. The predicted octanol–water partition coefficient (Wildman–Crippen LogP) is 3.50. The number of thioether (sulfide) groups is 1. The number of carbonyl (C=O) groups excluding carboxylic acids is 2. The number of halogens is 1. The van der Waals surface area contributed by atoms with Gasteiger partial charge in [0.25, 0.3) is 0 Å². The molecule has 2 aliphatic rings. The van der Waals surface area contributed by atoms with E-state index < -0.39 is 5.25 Å². The van der Waals surface area contributed by atoms with Gasteiger partial charge in [0.1, 0.15) is 5.75 Å². The first-order chi connectivity index (χ1) is 14.0. The topological polar surface area (TPSA) is 61.9 Å². The largest absolute Gasteiger partial charge is 0.495 e. The first-order valence-corrected chi connectivity index (χ1v) is 10.7. The van der Waals surface area contributed by atoms with E-state index in [1.165, 1.54) is 11.8 Å². The highest BCUT2D eigenvalue weighted by molar-refractivity contribution is 8.01. The van der Waals surface area contributed by atoms with E-state index in [4.69, 9.17) is 16.3 Å². The van der Waals surface area contributed by atoms with Crippen molar-refractivity contribution in [3.05, 3.63) is 47.5 Å². The number of nitrogens with one attached hydrogen (secondary N) is 1. The summed E-state index contributed by atoms with van der Waals surface area (Å²) >= 11 is 7.41. The van der Waals surface area contributed by atoms with E-state index in [1.807, 2.05) is 35.2 Å². The van der Waals surface area contributed by atoms with Crippen LogP contribution >= 0.6 is 23.4 Å². The molecule has 0 bridgehead atoms. The molecule has 0 radical (unpaired) electrons. The van der Waals surface area contributed by atoms with E-state index in [-0.39, 0.29) is 18.2 Å². The van der Waals surface area contributed by atoms with E-state index in [9.17, 15) is 9.59 Å². The van der Waals surface area contributed by atoms with Crippen LogP contribution in [0.2, 0.25) is 5.02 Å². The third kappa shape index (κ3) is 4.31. The Balaban J connectivity index is 1.35. The second kappa shape index (κ2) is 8.55. The van der Waals surface area contributed by atoms with Crippen molar-refractivity contribution < 1.29 is 14.3 Å². The zero-order chi connectivity index (χ0) is 20.4. The Morgan fingerprint density at radius 1 is 1.21 bits per heavy atom. The zero-order valence-corrected chi connectivity index (χ0v) is 17.6. The number of hydrogen-bond donors (Lipinski definition) is 1. The molecule has 6 nitrogen and oxygen atoms in total. The van der Waals surface area contributed by atoms with Crippen LogP contribution in [-0.2, 0) is 9.59 Å². The average molecular weight is 432 g/mol. The SMILES string of the molecule is COc1ccccc1N1CCN(C(=O)CC2Sc3ccc(Cl)cc3NC2=O)CC1. The van der Waals surface area contributed by atoms with Gasteiger partial charge in [0.15, 0.2) is 0 Å². The lowest BCUT2D eigenvalue weighted by Gasteiger charge is -2.37. The van der Waals surface area contributed by atoms with Crippen LogP contribution in [0.5, 0.6) is 5.75 Å². The maximum Gasteiger partial charge on any atom is 0.238 e. The van der Waals surface area contributed by atoms with E-state index in [0.717, 1.165) is 29.4 Å². The van der Waals surface area contributed by atoms with Crippen molar-refractivity contribution >= 4 is 46.6 Å². The summed E-state index contributed by atoms with van der Waals surface area (Å²) in [6.45, 7) is 2.72. The summed E-state index contributed by atoms with van der Waals surface area (Å²) in [4.78, 5) is 30.2. The lowest BCUT2D eigenvalue weighted by Crippen LogP contribution is -2.49. The van der Waals surface area contributed by atoms with Crippen molar-refractivity contribution in [1.29, 1.82) is 0 Å². The lowest BCUT2D eigenvalue weighted by molar-refractivity contribution is -0.132. The molecule has 1 N–H and O–H groups in total. The number of para-hydroxylation sites is 2. The Labute approximate surface area is 179 Å². The van der Waals surface area contributed by atoms with Gasteiger partial charge in [-0.2, -0.15) is 0 Å². The fourth-order valence-electron chi connectivity index (χ4n) is 3.63. The van der Waals surface area contributed by atoms with Gasteiger partial charge in [-0.05, 0) is 30.3 Å². The highest BCUT2D eigenvalue weighted by atomic mass is 35.5. The predicted molar refractivity (Wildman–Crippen MR) is 116 cm³/mol. The number of rotatable bonds is 4. The molecule has 1 saturated heterocycles. The summed E-state index contributed by atoms with van der Waals surface area (Å²) in [5.74, 6) is 0.696. The van der Waals surface area contributed by atoms with Crippen LogP contribution in [0.25, 0.3) is 0 Å². The van der Waals surface area contributed by atoms with Gasteiger partial charge >= 0.3 is 0 Å². The number of amides is 2. The molecule has 4 rings (SSSR count). The Morgan fingerprint density at radius 2 is 1.97 bits per heavy atom. The minimum Gasteiger partial charge on any atom is -0.495 e. The van der Waals surface area contributed by atoms with E-state index in [0.29, 0.717) is 23.8 Å². The Bertz CT molecular complexity index is 931. The third-order valence-corrected chi connectivity index (χ3v) is 6.69. The molecule has 0 spiro atoms. The van der Waals surface area contributed by atoms with Gasteiger partial charge < -0.3 is 19.9 Å². The fraction of sp³-hybridized carbons (Fsp3) is 0.333. The summed E-state index contributed by atoms with van der Waals surface area (Å²) in [5.41, 5.74) is 1.75. The van der Waals surface area contributed by atoms with Crippen molar-refractivity contribution in [1.82, 2.24) is 4.90 Å². The minimum absolute atomic E-state index is 0.00902. The molecule has 1 atom stereocenters. The van der Waals surface area contributed by atoms with Crippen LogP contribution in [0.15, 0.2) is 47.4 Å². The number of nitrogens with zero attached hydrogens (tertiary/aromatic N) is 2. The summed E-state index contributed by atoms with van der Waals surface area (Å²) in [6.07, 6.45) is 0.188. The summed E-state index contributed by atoms with van der Waals surface area (Å²) in [6, 6.07) is 13.3. The number of piperazine rings is 1. The van der Waals surface area contributed by atoms with Crippen LogP contribution < -0.4 is 15.0 Å². The molecule has 0 aromatic heterocycles. The zero-order valence-electron chi connectivity index (χ0n) is 16.1. The molecule has 1 unspecified atom stereocenters. The Morgan fingerprint density at radius 3 is 2.72 bits per heavy atom. The highest BCUT2D eigenvalue weighted by Gasteiger charge is 2.32. The highest BCUT2D eigenvalue weighted by Crippen LogP contribution is 2.38. The molecule has 1 fully saturated rings. The third-order valence-electron chi connectivity index (χ3n) is 5.18. The normalized spacial score (nSPS) is 18.8. The van der Waals surface area contributed by atoms with Gasteiger partial charge in [0.05, 0.1) is 23.7 Å². The van der Waals surface area contributed by atoms with Gasteiger partial charge in [0, 0.05) is 42.5 Å². The summed E-state index contributed by atoms with van der Waals surface area (Å²) < 4.78 is 5.44. The number of benzene rings is 2. The first-order valence-electron chi connectivity index (χ1n) is 9.48. The number of anilines is 2. The molecular formula is C21H22ClN3O3S. The molecule has 152 valence electrons. The van der Waals surface area contributed by atoms with Crippen LogP contribution in [0.4, 0.5) is 11.4 Å². The maximum atomic E-state index is 12.8. The van der Waals surface area contributed by atoms with Crippen molar-refractivity contribution in [3.8, 4) is 5.75 Å². The van der Waals surface area contributed by atoms with Crippen LogP contribution in [0, 0.1) is 0 Å². The molecule has 2 aromatic rings. The van der Waals surface area contributed by atoms with E-state index in [2.05, 4.69) is 10.2 Å². The van der Waals surface area contributed by atoms with Gasteiger partial charge in [-0.25, -0.2) is 0 Å².